The molecular weight excluding hydrogens is 368 g/mol. The Bertz CT molecular complexity index is 798. The Morgan fingerprint density at radius 2 is 2.04 bits per heavy atom. The molecule has 136 valence electrons. The van der Waals surface area contributed by atoms with Gasteiger partial charge in [-0.25, -0.2) is 0 Å². The number of anilines is 1. The zero-order valence-corrected chi connectivity index (χ0v) is 16.1. The largest absolute Gasteiger partial charge is 0.354 e. The standard InChI is InChI=1S/C20H21ClN2O2S/c1-13(7-8-14-5-3-2-4-6-14)22-19(24)12-18-20(25)23-16-11-15(21)9-10-17(16)26-18/h2-6,9-11,13,18H,7-8,12H2,1H3,(H,22,24)(H,23,25). The van der Waals surface area contributed by atoms with Crippen LogP contribution < -0.4 is 10.6 Å². The molecule has 2 aromatic carbocycles. The minimum absolute atomic E-state index is 0.0606. The zero-order chi connectivity index (χ0) is 18.5. The molecule has 26 heavy (non-hydrogen) atoms. The van der Waals surface area contributed by atoms with Crippen molar-refractivity contribution in [3.05, 3.63) is 59.1 Å². The van der Waals surface area contributed by atoms with E-state index in [1.54, 1.807) is 12.1 Å². The Hall–Kier alpha value is -1.98. The van der Waals surface area contributed by atoms with Gasteiger partial charge in [-0.1, -0.05) is 41.9 Å². The van der Waals surface area contributed by atoms with Crippen LogP contribution >= 0.6 is 23.4 Å². The maximum absolute atomic E-state index is 12.3. The van der Waals surface area contributed by atoms with E-state index in [0.29, 0.717) is 10.7 Å². The lowest BCUT2D eigenvalue weighted by atomic mass is 10.1. The first kappa shape index (κ1) is 18.8. The summed E-state index contributed by atoms with van der Waals surface area (Å²) < 4.78 is 0. The maximum Gasteiger partial charge on any atom is 0.238 e. The number of benzene rings is 2. The topological polar surface area (TPSA) is 58.2 Å². The molecule has 2 atom stereocenters. The predicted molar refractivity (Wildman–Crippen MR) is 107 cm³/mol. The van der Waals surface area contributed by atoms with Crippen LogP contribution in [0.1, 0.15) is 25.3 Å². The fourth-order valence-electron chi connectivity index (χ4n) is 2.86. The monoisotopic (exact) mass is 388 g/mol. The lowest BCUT2D eigenvalue weighted by molar-refractivity contribution is -0.124. The Labute approximate surface area is 162 Å². The number of carbonyl (C=O) groups excluding carboxylic acids is 2. The quantitative estimate of drug-likeness (QED) is 0.776. The molecule has 3 rings (SSSR count). The molecule has 2 unspecified atom stereocenters. The Kier molecular flexibility index (Phi) is 6.22. The molecule has 0 bridgehead atoms. The number of halogens is 1. The highest BCUT2D eigenvalue weighted by Crippen LogP contribution is 2.38. The summed E-state index contributed by atoms with van der Waals surface area (Å²) in [4.78, 5) is 25.5. The summed E-state index contributed by atoms with van der Waals surface area (Å²) in [6, 6.07) is 15.6. The smallest absolute Gasteiger partial charge is 0.238 e. The minimum Gasteiger partial charge on any atom is -0.354 e. The summed E-state index contributed by atoms with van der Waals surface area (Å²) in [6.45, 7) is 1.99. The fraction of sp³-hybridized carbons (Fsp3) is 0.300. The number of hydrogen-bond acceptors (Lipinski definition) is 3. The van der Waals surface area contributed by atoms with Crippen LogP contribution in [0.5, 0.6) is 0 Å². The van der Waals surface area contributed by atoms with E-state index in [-0.39, 0.29) is 24.3 Å². The Morgan fingerprint density at radius 1 is 1.27 bits per heavy atom. The van der Waals surface area contributed by atoms with Crippen LogP contribution in [0.3, 0.4) is 0 Å². The van der Waals surface area contributed by atoms with Gasteiger partial charge in [-0.15, -0.1) is 11.8 Å². The SMILES string of the molecule is CC(CCc1ccccc1)NC(=O)CC1Sc2ccc(Cl)cc2NC1=O. The normalized spacial score (nSPS) is 17.2. The lowest BCUT2D eigenvalue weighted by Crippen LogP contribution is -2.38. The highest BCUT2D eigenvalue weighted by molar-refractivity contribution is 8.01. The van der Waals surface area contributed by atoms with Gasteiger partial charge in [0.1, 0.15) is 0 Å². The first-order valence-electron chi connectivity index (χ1n) is 8.61. The third kappa shape index (κ3) is 5.02. The molecule has 2 N–H and O–H groups in total. The van der Waals surface area contributed by atoms with Gasteiger partial charge < -0.3 is 10.6 Å². The van der Waals surface area contributed by atoms with Crippen molar-refractivity contribution in [3.8, 4) is 0 Å². The van der Waals surface area contributed by atoms with E-state index in [9.17, 15) is 9.59 Å². The van der Waals surface area contributed by atoms with E-state index in [1.165, 1.54) is 17.3 Å². The molecule has 4 nitrogen and oxygen atoms in total. The average molecular weight is 389 g/mol. The first-order chi connectivity index (χ1) is 12.5. The highest BCUT2D eigenvalue weighted by Gasteiger charge is 2.29. The molecule has 0 aliphatic carbocycles. The van der Waals surface area contributed by atoms with Crippen molar-refractivity contribution in [2.75, 3.05) is 5.32 Å². The van der Waals surface area contributed by atoms with Gasteiger partial charge in [0.25, 0.3) is 0 Å². The van der Waals surface area contributed by atoms with Gasteiger partial charge in [0.15, 0.2) is 0 Å². The van der Waals surface area contributed by atoms with Crippen LogP contribution in [-0.4, -0.2) is 23.1 Å². The summed E-state index contributed by atoms with van der Waals surface area (Å²) in [5.41, 5.74) is 1.96. The molecule has 0 aromatic heterocycles. The molecule has 0 radical (unpaired) electrons. The van der Waals surface area contributed by atoms with Crippen LogP contribution in [-0.2, 0) is 16.0 Å². The summed E-state index contributed by atoms with van der Waals surface area (Å²) in [6.07, 6.45) is 1.93. The van der Waals surface area contributed by atoms with E-state index in [0.717, 1.165) is 17.7 Å². The molecule has 0 fully saturated rings. The molecule has 2 amide bonds. The van der Waals surface area contributed by atoms with E-state index in [2.05, 4.69) is 22.8 Å². The van der Waals surface area contributed by atoms with E-state index < -0.39 is 5.25 Å². The molecule has 0 saturated heterocycles. The van der Waals surface area contributed by atoms with E-state index in [1.807, 2.05) is 31.2 Å². The number of thioether (sulfide) groups is 1. The van der Waals surface area contributed by atoms with Crippen molar-refractivity contribution in [1.82, 2.24) is 5.32 Å². The lowest BCUT2D eigenvalue weighted by Gasteiger charge is -2.24. The van der Waals surface area contributed by atoms with Crippen molar-refractivity contribution in [2.24, 2.45) is 0 Å². The third-order valence-corrected chi connectivity index (χ3v) is 5.76. The number of hydrogen-bond donors (Lipinski definition) is 2. The van der Waals surface area contributed by atoms with Crippen LogP contribution in [0, 0.1) is 0 Å². The van der Waals surface area contributed by atoms with Gasteiger partial charge in [0, 0.05) is 22.4 Å². The van der Waals surface area contributed by atoms with Crippen molar-refractivity contribution in [3.63, 3.8) is 0 Å². The van der Waals surface area contributed by atoms with Crippen molar-refractivity contribution in [1.29, 1.82) is 0 Å². The second kappa shape index (κ2) is 8.60. The molecule has 0 saturated carbocycles. The Morgan fingerprint density at radius 3 is 2.81 bits per heavy atom. The molecule has 6 heteroatoms. The zero-order valence-electron chi connectivity index (χ0n) is 14.5. The first-order valence-corrected chi connectivity index (χ1v) is 9.87. The van der Waals surface area contributed by atoms with Crippen LogP contribution in [0.2, 0.25) is 5.02 Å². The van der Waals surface area contributed by atoms with Gasteiger partial charge in [-0.05, 0) is 43.5 Å². The molecule has 1 heterocycles. The van der Waals surface area contributed by atoms with Crippen LogP contribution in [0.4, 0.5) is 5.69 Å². The van der Waals surface area contributed by atoms with Crippen LogP contribution in [0.15, 0.2) is 53.4 Å². The Balaban J connectivity index is 1.50. The summed E-state index contributed by atoms with van der Waals surface area (Å²) in [5.74, 6) is -0.257. The summed E-state index contributed by atoms with van der Waals surface area (Å²) in [5, 5.41) is 5.98. The average Bonchev–Trinajstić information content (AvgIpc) is 2.61. The number of fused-ring (bicyclic) bond motifs is 1. The number of amides is 2. The van der Waals surface area contributed by atoms with Crippen molar-refractivity contribution < 1.29 is 9.59 Å². The number of nitrogens with one attached hydrogen (secondary N) is 2. The molecular formula is C20H21ClN2O2S. The van der Waals surface area contributed by atoms with Gasteiger partial charge in [0.05, 0.1) is 10.9 Å². The molecule has 1 aliphatic heterocycles. The minimum atomic E-state index is -0.426. The van der Waals surface area contributed by atoms with Gasteiger partial charge in [0.2, 0.25) is 11.8 Å². The number of aryl methyl sites for hydroxylation is 1. The molecule has 2 aromatic rings. The van der Waals surface area contributed by atoms with Crippen LogP contribution in [0.25, 0.3) is 0 Å². The third-order valence-electron chi connectivity index (χ3n) is 4.25. The van der Waals surface area contributed by atoms with Gasteiger partial charge in [-0.3, -0.25) is 9.59 Å². The number of rotatable bonds is 6. The second-order valence-corrected chi connectivity index (χ2v) is 8.11. The van der Waals surface area contributed by atoms with Gasteiger partial charge in [-0.2, -0.15) is 0 Å². The van der Waals surface area contributed by atoms with Gasteiger partial charge >= 0.3 is 0 Å². The van der Waals surface area contributed by atoms with Crippen molar-refractivity contribution >= 4 is 40.9 Å². The molecule has 1 aliphatic rings. The van der Waals surface area contributed by atoms with E-state index >= 15 is 0 Å². The number of carbonyl (C=O) groups is 2. The predicted octanol–water partition coefficient (Wildman–Crippen LogP) is 4.28. The summed E-state index contributed by atoms with van der Waals surface area (Å²) in [7, 11) is 0. The fourth-order valence-corrected chi connectivity index (χ4v) is 4.12. The highest BCUT2D eigenvalue weighted by atomic mass is 35.5. The second-order valence-electron chi connectivity index (χ2n) is 6.43. The van der Waals surface area contributed by atoms with E-state index in [4.69, 9.17) is 11.6 Å². The summed E-state index contributed by atoms with van der Waals surface area (Å²) >= 11 is 7.36. The molecule has 0 spiro atoms. The van der Waals surface area contributed by atoms with Crippen molar-refractivity contribution in [2.45, 2.75) is 42.4 Å². The maximum atomic E-state index is 12.3.